The van der Waals surface area contributed by atoms with Crippen LogP contribution >= 0.6 is 15.9 Å². The number of para-hydroxylation sites is 1. The first-order valence-electron chi connectivity index (χ1n) is 6.47. The van der Waals surface area contributed by atoms with Gasteiger partial charge in [-0.2, -0.15) is 5.10 Å². The van der Waals surface area contributed by atoms with Crippen LogP contribution in [0.15, 0.2) is 39.4 Å². The second kappa shape index (κ2) is 5.07. The lowest BCUT2D eigenvalue weighted by atomic mass is 10.0. The molecule has 0 radical (unpaired) electrons. The molecule has 0 amide bonds. The van der Waals surface area contributed by atoms with Gasteiger partial charge in [0, 0.05) is 30.5 Å². The number of halogens is 1. The molecule has 0 bridgehead atoms. The Morgan fingerprint density at radius 2 is 2.15 bits per heavy atom. The van der Waals surface area contributed by atoms with Gasteiger partial charge in [-0.05, 0) is 28.9 Å². The predicted molar refractivity (Wildman–Crippen MR) is 82.5 cm³/mol. The van der Waals surface area contributed by atoms with Crippen LogP contribution in [0, 0.1) is 6.92 Å². The Labute approximate surface area is 125 Å². The number of aromatic nitrogens is 2. The maximum atomic E-state index is 6.36. The van der Waals surface area contributed by atoms with Crippen molar-refractivity contribution in [1.29, 1.82) is 0 Å². The van der Waals surface area contributed by atoms with Crippen LogP contribution in [0.5, 0.6) is 0 Å². The van der Waals surface area contributed by atoms with E-state index in [9.17, 15) is 0 Å². The van der Waals surface area contributed by atoms with Gasteiger partial charge in [-0.3, -0.25) is 4.68 Å². The summed E-state index contributed by atoms with van der Waals surface area (Å²) in [6.07, 6.45) is 2.47. The van der Waals surface area contributed by atoms with Crippen molar-refractivity contribution >= 4 is 26.9 Å². The van der Waals surface area contributed by atoms with Gasteiger partial charge in [0.25, 0.3) is 0 Å². The number of aryl methyl sites for hydroxylation is 2. The van der Waals surface area contributed by atoms with Crippen molar-refractivity contribution in [1.82, 2.24) is 9.78 Å². The molecule has 5 heteroatoms. The van der Waals surface area contributed by atoms with Crippen molar-refractivity contribution in [2.75, 3.05) is 0 Å². The number of hydrogen-bond acceptors (Lipinski definition) is 3. The van der Waals surface area contributed by atoms with E-state index in [-0.39, 0.29) is 6.04 Å². The van der Waals surface area contributed by atoms with Crippen molar-refractivity contribution in [3.8, 4) is 0 Å². The van der Waals surface area contributed by atoms with E-state index in [2.05, 4.69) is 21.0 Å². The topological polar surface area (TPSA) is 57.0 Å². The fraction of sp³-hybridized carbons (Fsp3) is 0.267. The number of hydrogen-bond donors (Lipinski definition) is 1. The smallest absolute Gasteiger partial charge is 0.134 e. The average Bonchev–Trinajstić information content (AvgIpc) is 2.96. The number of rotatable bonds is 3. The van der Waals surface area contributed by atoms with Crippen LogP contribution in [0.3, 0.4) is 0 Å². The Morgan fingerprint density at radius 3 is 2.85 bits per heavy atom. The highest BCUT2D eigenvalue weighted by Crippen LogP contribution is 2.29. The monoisotopic (exact) mass is 333 g/mol. The van der Waals surface area contributed by atoms with Crippen molar-refractivity contribution in [2.24, 2.45) is 12.8 Å². The minimum absolute atomic E-state index is 0.121. The number of nitrogens with zero attached hydrogens (tertiary/aromatic N) is 2. The quantitative estimate of drug-likeness (QED) is 0.798. The van der Waals surface area contributed by atoms with Gasteiger partial charge >= 0.3 is 0 Å². The minimum Gasteiger partial charge on any atom is -0.464 e. The van der Waals surface area contributed by atoms with Crippen LogP contribution in [0.1, 0.15) is 23.0 Å². The van der Waals surface area contributed by atoms with Crippen LogP contribution in [0.4, 0.5) is 0 Å². The summed E-state index contributed by atoms with van der Waals surface area (Å²) in [6, 6.07) is 7.83. The highest BCUT2D eigenvalue weighted by atomic mass is 79.9. The van der Waals surface area contributed by atoms with Gasteiger partial charge in [-0.1, -0.05) is 18.2 Å². The standard InChI is InChI=1S/C15H16BrN3O/c1-9-15(16)13(19(2)18-9)7-12(17)11-8-20-14-6-4-3-5-10(11)14/h3-6,8,12H,7,17H2,1-2H3. The Morgan fingerprint density at radius 1 is 1.40 bits per heavy atom. The second-order valence-electron chi connectivity index (χ2n) is 4.97. The van der Waals surface area contributed by atoms with Crippen LogP contribution in [0.25, 0.3) is 11.0 Å². The predicted octanol–water partition coefficient (Wildman–Crippen LogP) is 3.48. The number of benzene rings is 1. The van der Waals surface area contributed by atoms with Gasteiger partial charge < -0.3 is 10.2 Å². The molecule has 2 heterocycles. The normalized spacial score (nSPS) is 13.0. The van der Waals surface area contributed by atoms with E-state index in [1.165, 1.54) is 0 Å². The first-order valence-corrected chi connectivity index (χ1v) is 7.27. The van der Waals surface area contributed by atoms with E-state index in [0.717, 1.165) is 32.4 Å². The summed E-state index contributed by atoms with van der Waals surface area (Å²) in [5.74, 6) is 0. The summed E-state index contributed by atoms with van der Waals surface area (Å²) in [4.78, 5) is 0. The molecule has 0 aliphatic carbocycles. The summed E-state index contributed by atoms with van der Waals surface area (Å²) in [5, 5.41) is 5.48. The molecule has 0 saturated heterocycles. The summed E-state index contributed by atoms with van der Waals surface area (Å²) >= 11 is 3.58. The highest BCUT2D eigenvalue weighted by Gasteiger charge is 2.18. The zero-order valence-corrected chi connectivity index (χ0v) is 13.0. The largest absolute Gasteiger partial charge is 0.464 e. The molecule has 0 spiro atoms. The molecule has 0 saturated carbocycles. The Kier molecular flexibility index (Phi) is 3.40. The second-order valence-corrected chi connectivity index (χ2v) is 5.76. The van der Waals surface area contributed by atoms with E-state index < -0.39 is 0 Å². The Hall–Kier alpha value is -1.59. The van der Waals surface area contributed by atoms with Crippen molar-refractivity contribution in [3.05, 3.63) is 52.0 Å². The van der Waals surface area contributed by atoms with Crippen molar-refractivity contribution < 1.29 is 4.42 Å². The molecule has 3 aromatic rings. The number of furan rings is 1. The van der Waals surface area contributed by atoms with E-state index in [4.69, 9.17) is 10.2 Å². The lowest BCUT2D eigenvalue weighted by molar-refractivity contribution is 0.591. The van der Waals surface area contributed by atoms with Gasteiger partial charge in [0.15, 0.2) is 0 Å². The zero-order valence-electron chi connectivity index (χ0n) is 11.4. The summed E-state index contributed by atoms with van der Waals surface area (Å²) in [5.41, 5.74) is 10.3. The van der Waals surface area contributed by atoms with Crippen LogP contribution in [0.2, 0.25) is 0 Å². The lowest BCUT2D eigenvalue weighted by Crippen LogP contribution is -2.15. The molecule has 2 N–H and O–H groups in total. The fourth-order valence-corrected chi connectivity index (χ4v) is 3.00. The summed E-state index contributed by atoms with van der Waals surface area (Å²) in [6.45, 7) is 1.98. The summed E-state index contributed by atoms with van der Waals surface area (Å²) in [7, 11) is 1.94. The third-order valence-corrected chi connectivity index (χ3v) is 4.62. The van der Waals surface area contributed by atoms with E-state index in [1.54, 1.807) is 6.26 Å². The SMILES string of the molecule is Cc1nn(C)c(CC(N)c2coc3ccccc23)c1Br. The molecule has 2 aromatic heterocycles. The van der Waals surface area contributed by atoms with Gasteiger partial charge in [0.05, 0.1) is 22.1 Å². The molecule has 1 atom stereocenters. The highest BCUT2D eigenvalue weighted by molar-refractivity contribution is 9.10. The fourth-order valence-electron chi connectivity index (χ4n) is 2.51. The molecule has 0 aliphatic heterocycles. The molecule has 0 aliphatic rings. The molecule has 0 fully saturated rings. The molecular formula is C15H16BrN3O. The Bertz CT molecular complexity index is 760. The van der Waals surface area contributed by atoms with Crippen LogP contribution in [-0.2, 0) is 13.5 Å². The Balaban J connectivity index is 1.95. The molecule has 104 valence electrons. The molecule has 3 rings (SSSR count). The molecule has 1 unspecified atom stereocenters. The van der Waals surface area contributed by atoms with Crippen LogP contribution < -0.4 is 5.73 Å². The molecular weight excluding hydrogens is 318 g/mol. The zero-order chi connectivity index (χ0) is 14.3. The molecule has 1 aromatic carbocycles. The lowest BCUT2D eigenvalue weighted by Gasteiger charge is -2.11. The van der Waals surface area contributed by atoms with Gasteiger partial charge in [-0.25, -0.2) is 0 Å². The number of nitrogens with two attached hydrogens (primary N) is 1. The molecule has 20 heavy (non-hydrogen) atoms. The molecule has 4 nitrogen and oxygen atoms in total. The van der Waals surface area contributed by atoms with E-state index in [1.807, 2.05) is 42.9 Å². The van der Waals surface area contributed by atoms with Gasteiger partial charge in [0.2, 0.25) is 0 Å². The summed E-state index contributed by atoms with van der Waals surface area (Å²) < 4.78 is 8.47. The van der Waals surface area contributed by atoms with Gasteiger partial charge in [-0.15, -0.1) is 0 Å². The first kappa shape index (κ1) is 13.4. The third kappa shape index (κ3) is 2.17. The average molecular weight is 334 g/mol. The first-order chi connectivity index (χ1) is 9.58. The van der Waals surface area contributed by atoms with E-state index in [0.29, 0.717) is 6.42 Å². The van der Waals surface area contributed by atoms with Crippen LogP contribution in [-0.4, -0.2) is 9.78 Å². The van der Waals surface area contributed by atoms with Crippen molar-refractivity contribution in [2.45, 2.75) is 19.4 Å². The van der Waals surface area contributed by atoms with Gasteiger partial charge in [0.1, 0.15) is 5.58 Å². The van der Waals surface area contributed by atoms with Crippen molar-refractivity contribution in [3.63, 3.8) is 0 Å². The third-order valence-electron chi connectivity index (χ3n) is 3.59. The van der Waals surface area contributed by atoms with E-state index >= 15 is 0 Å². The maximum absolute atomic E-state index is 6.36. The number of fused-ring (bicyclic) bond motifs is 1. The minimum atomic E-state index is -0.121. The maximum Gasteiger partial charge on any atom is 0.134 e.